The molecule has 1 heterocycles. The number of carbonyl (C=O) groups excluding carboxylic acids is 2. The Balaban J connectivity index is 2.54. The van der Waals surface area contributed by atoms with Crippen LogP contribution >= 0.6 is 0 Å². The average molecular weight is 158 g/mol. The molecule has 0 unspecified atom stereocenters. The number of hydrogen-bond acceptors (Lipinski definition) is 3. The van der Waals surface area contributed by atoms with Crippen LogP contribution in [0.4, 0.5) is 9.59 Å². The molecule has 0 saturated carbocycles. The largest absolute Gasteiger partial charge is 0.452 e. The van der Waals surface area contributed by atoms with E-state index in [2.05, 4.69) is 10.1 Å². The average Bonchev–Trinajstić information content (AvgIpc) is 2.04. The summed E-state index contributed by atoms with van der Waals surface area (Å²) >= 11 is 0. The fraction of sp³-hybridized carbons (Fsp3) is 0.667. The second-order valence-corrected chi connectivity index (χ2v) is 2.21. The fourth-order valence-corrected chi connectivity index (χ4v) is 0.914. The predicted octanol–water partition coefficient (Wildman–Crippen LogP) is 0.168. The molecular formula is C6H10N2O3. The van der Waals surface area contributed by atoms with Crippen LogP contribution in [0.25, 0.3) is 0 Å². The maximum atomic E-state index is 10.9. The number of amides is 3. The van der Waals surface area contributed by atoms with Gasteiger partial charge in [-0.2, -0.15) is 0 Å². The summed E-state index contributed by atoms with van der Waals surface area (Å²) in [5, 5.41) is 2.53. The van der Waals surface area contributed by atoms with E-state index in [9.17, 15) is 9.59 Å². The second kappa shape index (κ2) is 3.23. The highest BCUT2D eigenvalue weighted by molar-refractivity contribution is 5.91. The van der Waals surface area contributed by atoms with E-state index in [1.165, 1.54) is 7.11 Å². The van der Waals surface area contributed by atoms with Crippen molar-refractivity contribution in [1.29, 1.82) is 0 Å². The molecule has 3 amide bonds. The van der Waals surface area contributed by atoms with Crippen LogP contribution in [0.3, 0.4) is 0 Å². The molecule has 0 aliphatic carbocycles. The van der Waals surface area contributed by atoms with E-state index < -0.39 is 6.09 Å². The molecule has 0 spiro atoms. The summed E-state index contributed by atoms with van der Waals surface area (Å²) in [6.07, 6.45) is 0.183. The van der Waals surface area contributed by atoms with E-state index in [1.54, 1.807) is 0 Å². The Hall–Kier alpha value is -1.26. The Labute approximate surface area is 64.3 Å². The molecule has 1 aliphatic heterocycles. The molecule has 5 nitrogen and oxygen atoms in total. The van der Waals surface area contributed by atoms with Crippen molar-refractivity contribution in [3.05, 3.63) is 0 Å². The van der Waals surface area contributed by atoms with Crippen molar-refractivity contribution in [2.75, 3.05) is 20.2 Å². The van der Waals surface area contributed by atoms with Crippen LogP contribution in [-0.2, 0) is 4.74 Å². The molecule has 5 heteroatoms. The molecule has 1 aliphatic rings. The van der Waals surface area contributed by atoms with Gasteiger partial charge in [-0.15, -0.1) is 0 Å². The molecule has 0 radical (unpaired) electrons. The van der Waals surface area contributed by atoms with Gasteiger partial charge in [0.05, 0.1) is 7.11 Å². The van der Waals surface area contributed by atoms with Crippen molar-refractivity contribution in [2.24, 2.45) is 0 Å². The molecule has 0 atom stereocenters. The van der Waals surface area contributed by atoms with Gasteiger partial charge in [0.25, 0.3) is 0 Å². The van der Waals surface area contributed by atoms with Gasteiger partial charge >= 0.3 is 12.1 Å². The first kappa shape index (κ1) is 7.84. The van der Waals surface area contributed by atoms with Crippen molar-refractivity contribution in [2.45, 2.75) is 6.42 Å². The highest BCUT2D eigenvalue weighted by atomic mass is 16.5. The van der Waals surface area contributed by atoms with E-state index in [4.69, 9.17) is 0 Å². The maximum Gasteiger partial charge on any atom is 0.417 e. The van der Waals surface area contributed by atoms with Crippen molar-refractivity contribution in [3.8, 4) is 0 Å². The lowest BCUT2D eigenvalue weighted by atomic mass is 10.3. The van der Waals surface area contributed by atoms with Gasteiger partial charge in [-0.05, 0) is 6.42 Å². The minimum absolute atomic E-state index is 0.372. The smallest absolute Gasteiger partial charge is 0.417 e. The van der Waals surface area contributed by atoms with Gasteiger partial charge in [0.2, 0.25) is 0 Å². The molecule has 0 aromatic heterocycles. The molecule has 1 fully saturated rings. The number of ether oxygens (including phenoxy) is 1. The minimum atomic E-state index is -0.595. The molecule has 62 valence electrons. The first-order chi connectivity index (χ1) is 5.25. The van der Waals surface area contributed by atoms with Gasteiger partial charge in [0, 0.05) is 13.1 Å². The van der Waals surface area contributed by atoms with E-state index in [1.807, 2.05) is 0 Å². The van der Waals surface area contributed by atoms with Crippen LogP contribution in [0.5, 0.6) is 0 Å². The van der Waals surface area contributed by atoms with Crippen LogP contribution in [0.15, 0.2) is 0 Å². The van der Waals surface area contributed by atoms with Gasteiger partial charge in [-0.1, -0.05) is 0 Å². The standard InChI is InChI=1S/C6H10N2O3/c1-11-6(10)8-4-2-3-7-5(8)9/h2-4H2,1H3,(H,7,9). The molecule has 0 aromatic carbocycles. The lowest BCUT2D eigenvalue weighted by Gasteiger charge is -2.23. The molecule has 1 saturated heterocycles. The second-order valence-electron chi connectivity index (χ2n) is 2.21. The SMILES string of the molecule is COC(=O)N1CCCNC1=O. The number of rotatable bonds is 0. The summed E-state index contributed by atoms with van der Waals surface area (Å²) in [5.74, 6) is 0. The monoisotopic (exact) mass is 158 g/mol. The van der Waals surface area contributed by atoms with Crippen LogP contribution in [0.1, 0.15) is 6.42 Å². The van der Waals surface area contributed by atoms with Gasteiger partial charge in [-0.25, -0.2) is 14.5 Å². The summed E-state index contributed by atoms with van der Waals surface area (Å²) in [4.78, 5) is 22.8. The number of urea groups is 1. The Morgan fingerprint density at radius 1 is 1.73 bits per heavy atom. The zero-order valence-electron chi connectivity index (χ0n) is 6.29. The van der Waals surface area contributed by atoms with Gasteiger partial charge in [-0.3, -0.25) is 0 Å². The van der Waals surface area contributed by atoms with E-state index in [0.29, 0.717) is 13.1 Å². The number of methoxy groups -OCH3 is 1. The van der Waals surface area contributed by atoms with Crippen LogP contribution in [0, 0.1) is 0 Å². The van der Waals surface area contributed by atoms with Crippen LogP contribution in [0.2, 0.25) is 0 Å². The van der Waals surface area contributed by atoms with Crippen molar-refractivity contribution >= 4 is 12.1 Å². The summed E-state index contributed by atoms with van der Waals surface area (Å²) in [6, 6.07) is -0.372. The summed E-state index contributed by atoms with van der Waals surface area (Å²) in [7, 11) is 1.25. The van der Waals surface area contributed by atoms with Crippen molar-refractivity contribution in [3.63, 3.8) is 0 Å². The van der Waals surface area contributed by atoms with Crippen molar-refractivity contribution in [1.82, 2.24) is 10.2 Å². The van der Waals surface area contributed by atoms with E-state index in [-0.39, 0.29) is 6.03 Å². The van der Waals surface area contributed by atoms with Crippen LogP contribution in [-0.4, -0.2) is 37.2 Å². The molecule has 0 aromatic rings. The highest BCUT2D eigenvalue weighted by Crippen LogP contribution is 2.00. The Morgan fingerprint density at radius 3 is 3.00 bits per heavy atom. The first-order valence-electron chi connectivity index (χ1n) is 3.39. The lowest BCUT2D eigenvalue weighted by Crippen LogP contribution is -2.49. The number of imide groups is 1. The zero-order chi connectivity index (χ0) is 8.27. The third-order valence-corrected chi connectivity index (χ3v) is 1.47. The Morgan fingerprint density at radius 2 is 2.45 bits per heavy atom. The molecule has 0 bridgehead atoms. The fourth-order valence-electron chi connectivity index (χ4n) is 0.914. The Bertz CT molecular complexity index is 173. The number of nitrogens with one attached hydrogen (secondary N) is 1. The predicted molar refractivity (Wildman–Crippen MR) is 37.1 cm³/mol. The third-order valence-electron chi connectivity index (χ3n) is 1.47. The van der Waals surface area contributed by atoms with E-state index in [0.717, 1.165) is 11.3 Å². The summed E-state index contributed by atoms with van der Waals surface area (Å²) in [5.41, 5.74) is 0. The van der Waals surface area contributed by atoms with E-state index >= 15 is 0 Å². The number of hydrogen-bond donors (Lipinski definition) is 1. The van der Waals surface area contributed by atoms with Gasteiger partial charge < -0.3 is 10.1 Å². The highest BCUT2D eigenvalue weighted by Gasteiger charge is 2.24. The quantitative estimate of drug-likeness (QED) is 0.546. The van der Waals surface area contributed by atoms with Gasteiger partial charge in [0.1, 0.15) is 0 Å². The molecule has 1 N–H and O–H groups in total. The van der Waals surface area contributed by atoms with Crippen LogP contribution < -0.4 is 5.32 Å². The minimum Gasteiger partial charge on any atom is -0.452 e. The van der Waals surface area contributed by atoms with Gasteiger partial charge in [0.15, 0.2) is 0 Å². The summed E-state index contributed by atoms with van der Waals surface area (Å²) < 4.78 is 4.39. The summed E-state index contributed by atoms with van der Waals surface area (Å²) in [6.45, 7) is 1.07. The number of nitrogens with zero attached hydrogens (tertiary/aromatic N) is 1. The molecule has 1 rings (SSSR count). The lowest BCUT2D eigenvalue weighted by molar-refractivity contribution is 0.124. The first-order valence-corrected chi connectivity index (χ1v) is 3.39. The normalized spacial score (nSPS) is 17.5. The zero-order valence-corrected chi connectivity index (χ0v) is 6.29. The van der Waals surface area contributed by atoms with Crippen molar-refractivity contribution < 1.29 is 14.3 Å². The number of carbonyl (C=O) groups is 2. The Kier molecular flexibility index (Phi) is 2.30. The third kappa shape index (κ3) is 1.60. The maximum absolute atomic E-state index is 10.9. The molecule has 11 heavy (non-hydrogen) atoms. The molecular weight excluding hydrogens is 148 g/mol. The topological polar surface area (TPSA) is 58.6 Å².